The summed E-state index contributed by atoms with van der Waals surface area (Å²) in [6.07, 6.45) is 1.53. The predicted octanol–water partition coefficient (Wildman–Crippen LogP) is 2.25. The minimum atomic E-state index is -1.10. The van der Waals surface area contributed by atoms with Crippen molar-refractivity contribution in [3.05, 3.63) is 53.7 Å². The van der Waals surface area contributed by atoms with Crippen LogP contribution in [0.1, 0.15) is 18.2 Å². The van der Waals surface area contributed by atoms with Crippen LogP contribution in [0.5, 0.6) is 0 Å². The number of rotatable bonds is 6. The third-order valence-electron chi connectivity index (χ3n) is 4.21. The summed E-state index contributed by atoms with van der Waals surface area (Å²) in [6.45, 7) is 5.14. The van der Waals surface area contributed by atoms with Crippen molar-refractivity contribution < 1.29 is 18.7 Å². The van der Waals surface area contributed by atoms with Gasteiger partial charge in [0.1, 0.15) is 17.2 Å². The Kier molecular flexibility index (Phi) is 5.18. The predicted molar refractivity (Wildman–Crippen MR) is 89.4 cm³/mol. The standard InChI is InChI=1S/C18H23FN2O3/c1-18(22,17-3-2-8-24-17)13-20-12-14-4-5-16(15(19)11-14)21-6-9-23-10-7-21/h2-5,8,11,20,22H,6-7,9-10,12-13H2,1H3. The fraction of sp³-hybridized carbons (Fsp3) is 0.444. The molecule has 0 radical (unpaired) electrons. The van der Waals surface area contributed by atoms with Crippen LogP contribution in [-0.2, 0) is 16.9 Å². The maximum absolute atomic E-state index is 14.3. The number of aliphatic hydroxyl groups is 1. The van der Waals surface area contributed by atoms with Gasteiger partial charge < -0.3 is 24.5 Å². The number of nitrogens with one attached hydrogen (secondary N) is 1. The number of anilines is 1. The van der Waals surface area contributed by atoms with E-state index in [-0.39, 0.29) is 5.82 Å². The molecule has 1 aromatic heterocycles. The number of halogens is 1. The van der Waals surface area contributed by atoms with Gasteiger partial charge in [-0.3, -0.25) is 0 Å². The second kappa shape index (κ2) is 7.34. The molecule has 1 aliphatic rings. The third-order valence-corrected chi connectivity index (χ3v) is 4.21. The largest absolute Gasteiger partial charge is 0.466 e. The van der Waals surface area contributed by atoms with Gasteiger partial charge in [-0.05, 0) is 36.8 Å². The first-order chi connectivity index (χ1) is 11.6. The molecule has 3 rings (SSSR count). The summed E-state index contributed by atoms with van der Waals surface area (Å²) in [7, 11) is 0. The van der Waals surface area contributed by atoms with E-state index in [0.717, 1.165) is 5.56 Å². The summed E-state index contributed by atoms with van der Waals surface area (Å²) in [5.41, 5.74) is 0.347. The number of furan rings is 1. The van der Waals surface area contributed by atoms with Crippen LogP contribution in [0.4, 0.5) is 10.1 Å². The maximum atomic E-state index is 14.3. The summed E-state index contributed by atoms with van der Waals surface area (Å²) in [5.74, 6) is 0.276. The minimum Gasteiger partial charge on any atom is -0.466 e. The highest BCUT2D eigenvalue weighted by Crippen LogP contribution is 2.22. The molecule has 1 unspecified atom stereocenters. The van der Waals surface area contributed by atoms with Gasteiger partial charge in [-0.25, -0.2) is 4.39 Å². The first kappa shape index (κ1) is 17.0. The average molecular weight is 334 g/mol. The molecular formula is C18H23FN2O3. The number of nitrogens with zero attached hydrogens (tertiary/aromatic N) is 1. The van der Waals surface area contributed by atoms with Crippen LogP contribution in [-0.4, -0.2) is 38.0 Å². The molecule has 2 heterocycles. The number of hydrogen-bond acceptors (Lipinski definition) is 5. The van der Waals surface area contributed by atoms with Gasteiger partial charge in [0.2, 0.25) is 0 Å². The summed E-state index contributed by atoms with van der Waals surface area (Å²) in [6, 6.07) is 8.73. The van der Waals surface area contributed by atoms with Gasteiger partial charge in [0.25, 0.3) is 0 Å². The van der Waals surface area contributed by atoms with E-state index in [4.69, 9.17) is 9.15 Å². The van der Waals surface area contributed by atoms with E-state index in [2.05, 4.69) is 5.32 Å². The zero-order chi connectivity index (χ0) is 17.0. The molecule has 5 nitrogen and oxygen atoms in total. The molecule has 0 saturated carbocycles. The molecule has 6 heteroatoms. The second-order valence-corrected chi connectivity index (χ2v) is 6.24. The molecule has 0 aliphatic carbocycles. The quantitative estimate of drug-likeness (QED) is 0.849. The van der Waals surface area contributed by atoms with Crippen LogP contribution >= 0.6 is 0 Å². The molecule has 1 aromatic carbocycles. The lowest BCUT2D eigenvalue weighted by Crippen LogP contribution is -2.37. The molecule has 1 aliphatic heterocycles. The van der Waals surface area contributed by atoms with Crippen molar-refractivity contribution in [2.45, 2.75) is 19.1 Å². The number of morpholine rings is 1. The van der Waals surface area contributed by atoms with Gasteiger partial charge in [0.05, 0.1) is 25.2 Å². The van der Waals surface area contributed by atoms with Crippen molar-refractivity contribution in [3.8, 4) is 0 Å². The Morgan fingerprint density at radius 2 is 2.08 bits per heavy atom. The van der Waals surface area contributed by atoms with Gasteiger partial charge in [0.15, 0.2) is 0 Å². The molecule has 1 saturated heterocycles. The van der Waals surface area contributed by atoms with Crippen molar-refractivity contribution in [1.82, 2.24) is 5.32 Å². The van der Waals surface area contributed by atoms with E-state index in [1.165, 1.54) is 6.26 Å². The van der Waals surface area contributed by atoms with Crippen molar-refractivity contribution >= 4 is 5.69 Å². The Bertz CT molecular complexity index is 652. The van der Waals surface area contributed by atoms with Crippen molar-refractivity contribution in [2.24, 2.45) is 0 Å². The van der Waals surface area contributed by atoms with Crippen molar-refractivity contribution in [1.29, 1.82) is 0 Å². The Balaban J connectivity index is 1.57. The van der Waals surface area contributed by atoms with E-state index in [9.17, 15) is 9.50 Å². The molecule has 0 bridgehead atoms. The molecule has 0 amide bonds. The summed E-state index contributed by atoms with van der Waals surface area (Å²) in [4.78, 5) is 2.00. The SMILES string of the molecule is CC(O)(CNCc1ccc(N2CCOCC2)c(F)c1)c1ccco1. The topological polar surface area (TPSA) is 57.9 Å². The van der Waals surface area contributed by atoms with Crippen LogP contribution in [0.25, 0.3) is 0 Å². The molecule has 2 aromatic rings. The summed E-state index contributed by atoms with van der Waals surface area (Å²) in [5, 5.41) is 13.5. The van der Waals surface area contributed by atoms with E-state index in [0.29, 0.717) is 50.8 Å². The van der Waals surface area contributed by atoms with Crippen molar-refractivity contribution in [3.63, 3.8) is 0 Å². The summed E-state index contributed by atoms with van der Waals surface area (Å²) < 4.78 is 24.9. The van der Waals surface area contributed by atoms with E-state index < -0.39 is 5.60 Å². The first-order valence-corrected chi connectivity index (χ1v) is 8.14. The van der Waals surface area contributed by atoms with Crippen LogP contribution in [0.3, 0.4) is 0 Å². The van der Waals surface area contributed by atoms with Crippen LogP contribution in [0, 0.1) is 5.82 Å². The van der Waals surface area contributed by atoms with Crippen molar-refractivity contribution in [2.75, 3.05) is 37.7 Å². The number of hydrogen-bond donors (Lipinski definition) is 2. The fourth-order valence-electron chi connectivity index (χ4n) is 2.84. The zero-order valence-corrected chi connectivity index (χ0v) is 13.8. The third kappa shape index (κ3) is 3.95. The molecule has 1 atom stereocenters. The smallest absolute Gasteiger partial charge is 0.146 e. The van der Waals surface area contributed by atoms with E-state index in [1.54, 1.807) is 25.1 Å². The van der Waals surface area contributed by atoms with Crippen LogP contribution < -0.4 is 10.2 Å². The Labute approximate surface area is 141 Å². The highest BCUT2D eigenvalue weighted by Gasteiger charge is 2.25. The van der Waals surface area contributed by atoms with Crippen LogP contribution in [0.15, 0.2) is 41.0 Å². The molecule has 24 heavy (non-hydrogen) atoms. The lowest BCUT2D eigenvalue weighted by atomic mass is 10.0. The van der Waals surface area contributed by atoms with Gasteiger partial charge in [-0.15, -0.1) is 0 Å². The lowest BCUT2D eigenvalue weighted by Gasteiger charge is -2.29. The first-order valence-electron chi connectivity index (χ1n) is 8.14. The molecular weight excluding hydrogens is 311 g/mol. The molecule has 130 valence electrons. The van der Waals surface area contributed by atoms with Gasteiger partial charge in [0, 0.05) is 26.2 Å². The Morgan fingerprint density at radius 3 is 2.75 bits per heavy atom. The highest BCUT2D eigenvalue weighted by atomic mass is 19.1. The highest BCUT2D eigenvalue weighted by molar-refractivity contribution is 5.49. The minimum absolute atomic E-state index is 0.228. The van der Waals surface area contributed by atoms with Gasteiger partial charge in [-0.2, -0.15) is 0 Å². The van der Waals surface area contributed by atoms with Crippen LogP contribution in [0.2, 0.25) is 0 Å². The number of ether oxygens (including phenoxy) is 1. The average Bonchev–Trinajstić information content (AvgIpc) is 3.11. The van der Waals surface area contributed by atoms with E-state index in [1.807, 2.05) is 17.0 Å². The van der Waals surface area contributed by atoms with E-state index >= 15 is 0 Å². The van der Waals surface area contributed by atoms with Gasteiger partial charge in [-0.1, -0.05) is 6.07 Å². The fourth-order valence-corrected chi connectivity index (χ4v) is 2.84. The molecule has 0 spiro atoms. The lowest BCUT2D eigenvalue weighted by molar-refractivity contribution is 0.0340. The maximum Gasteiger partial charge on any atom is 0.146 e. The Morgan fingerprint density at radius 1 is 1.29 bits per heavy atom. The summed E-state index contributed by atoms with van der Waals surface area (Å²) >= 11 is 0. The normalized spacial score (nSPS) is 17.7. The molecule has 2 N–H and O–H groups in total. The monoisotopic (exact) mass is 334 g/mol. The molecule has 1 fully saturated rings. The van der Waals surface area contributed by atoms with Gasteiger partial charge >= 0.3 is 0 Å². The second-order valence-electron chi connectivity index (χ2n) is 6.24. The Hall–Kier alpha value is -1.89. The zero-order valence-electron chi connectivity index (χ0n) is 13.8. The number of benzene rings is 1.